The van der Waals surface area contributed by atoms with Gasteiger partial charge in [0.15, 0.2) is 5.82 Å². The van der Waals surface area contributed by atoms with Gasteiger partial charge in [0.25, 0.3) is 0 Å². The van der Waals surface area contributed by atoms with Gasteiger partial charge in [0.2, 0.25) is 0 Å². The lowest BCUT2D eigenvalue weighted by atomic mass is 9.86. The highest BCUT2D eigenvalue weighted by molar-refractivity contribution is 6.11. The van der Waals surface area contributed by atoms with E-state index >= 15 is 0 Å². The van der Waals surface area contributed by atoms with Crippen LogP contribution < -0.4 is 0 Å². The van der Waals surface area contributed by atoms with Crippen molar-refractivity contribution in [3.63, 3.8) is 0 Å². The number of aromatic nitrogens is 3. The van der Waals surface area contributed by atoms with E-state index in [4.69, 9.17) is 9.97 Å². The maximum atomic E-state index is 10.0. The lowest BCUT2D eigenvalue weighted by Gasteiger charge is -2.22. The molecule has 0 aliphatic carbocycles. The van der Waals surface area contributed by atoms with E-state index in [9.17, 15) is 5.26 Å². The normalized spacial score (nSPS) is 11.5. The number of nitrogens with zero attached hydrogens (tertiary/aromatic N) is 4. The van der Waals surface area contributed by atoms with Crippen LogP contribution in [0, 0.1) is 11.3 Å². The third-order valence-corrected chi connectivity index (χ3v) is 10.4. The highest BCUT2D eigenvalue weighted by atomic mass is 15.0. The minimum Gasteiger partial charge on any atom is -0.308 e. The zero-order chi connectivity index (χ0) is 37.5. The lowest BCUT2D eigenvalue weighted by molar-refractivity contribution is 0.591. The fourth-order valence-electron chi connectivity index (χ4n) is 7.57. The van der Waals surface area contributed by atoms with Gasteiger partial charge in [-0.05, 0) is 70.6 Å². The third-order valence-electron chi connectivity index (χ3n) is 10.4. The fourth-order valence-corrected chi connectivity index (χ4v) is 7.57. The quantitative estimate of drug-likeness (QED) is 0.173. The van der Waals surface area contributed by atoms with Crippen LogP contribution in [0.1, 0.15) is 31.9 Å². The van der Waals surface area contributed by atoms with Gasteiger partial charge in [0.1, 0.15) is 0 Å². The van der Waals surface area contributed by atoms with E-state index in [0.717, 1.165) is 77.8 Å². The third kappa shape index (κ3) is 6.26. The van der Waals surface area contributed by atoms with Crippen LogP contribution in [-0.2, 0) is 5.41 Å². The van der Waals surface area contributed by atoms with E-state index in [1.165, 1.54) is 5.56 Å². The van der Waals surface area contributed by atoms with Gasteiger partial charge in [-0.15, -0.1) is 0 Å². The predicted molar refractivity (Wildman–Crippen MR) is 227 cm³/mol. The Hall–Kier alpha value is -7.09. The number of hydrogen-bond donors (Lipinski definition) is 0. The summed E-state index contributed by atoms with van der Waals surface area (Å²) in [6, 6.07) is 63.6. The van der Waals surface area contributed by atoms with Crippen molar-refractivity contribution >= 4 is 21.8 Å². The molecule has 9 rings (SSSR count). The predicted octanol–water partition coefficient (Wildman–Crippen LogP) is 13.1. The maximum Gasteiger partial charge on any atom is 0.160 e. The molecule has 7 aromatic carbocycles. The Kier molecular flexibility index (Phi) is 8.41. The Labute approximate surface area is 321 Å². The molecule has 4 heteroatoms. The van der Waals surface area contributed by atoms with Gasteiger partial charge in [-0.1, -0.05) is 148 Å². The van der Waals surface area contributed by atoms with Gasteiger partial charge in [-0.3, -0.25) is 0 Å². The average Bonchev–Trinajstić information content (AvgIpc) is 3.56. The van der Waals surface area contributed by atoms with E-state index in [2.05, 4.69) is 159 Å². The molecule has 0 amide bonds. The van der Waals surface area contributed by atoms with Crippen molar-refractivity contribution < 1.29 is 0 Å². The number of benzene rings is 7. The molecule has 0 fully saturated rings. The smallest absolute Gasteiger partial charge is 0.160 e. The Morgan fingerprint density at radius 3 is 1.40 bits per heavy atom. The summed E-state index contributed by atoms with van der Waals surface area (Å²) in [6.45, 7) is 6.73. The lowest BCUT2D eigenvalue weighted by Crippen LogP contribution is -2.10. The molecule has 0 N–H and O–H groups in total. The Bertz CT molecular complexity index is 2760. The van der Waals surface area contributed by atoms with Crippen LogP contribution in [0.2, 0.25) is 0 Å². The van der Waals surface area contributed by atoms with Crippen LogP contribution >= 0.6 is 0 Å². The van der Waals surface area contributed by atoms with Crippen LogP contribution in [-0.4, -0.2) is 14.5 Å². The molecule has 0 radical (unpaired) electrons. The number of rotatable bonds is 6. The first-order valence-corrected chi connectivity index (χ1v) is 18.6. The summed E-state index contributed by atoms with van der Waals surface area (Å²) in [5.41, 5.74) is 14.0. The molecular weight excluding hydrogens is 669 g/mol. The minimum atomic E-state index is -0.0472. The van der Waals surface area contributed by atoms with Crippen molar-refractivity contribution in [1.29, 1.82) is 5.26 Å². The average molecular weight is 707 g/mol. The molecule has 4 nitrogen and oxygen atoms in total. The van der Waals surface area contributed by atoms with Crippen molar-refractivity contribution in [2.45, 2.75) is 26.2 Å². The van der Waals surface area contributed by atoms with Gasteiger partial charge < -0.3 is 4.57 Å². The zero-order valence-corrected chi connectivity index (χ0v) is 31.0. The monoisotopic (exact) mass is 706 g/mol. The Morgan fingerprint density at radius 2 is 0.927 bits per heavy atom. The van der Waals surface area contributed by atoms with E-state index in [-0.39, 0.29) is 5.41 Å². The van der Waals surface area contributed by atoms with Gasteiger partial charge in [-0.25, -0.2) is 9.97 Å². The Balaban J connectivity index is 1.41. The molecule has 262 valence electrons. The van der Waals surface area contributed by atoms with Crippen LogP contribution in [0.3, 0.4) is 0 Å². The molecule has 0 unspecified atom stereocenters. The molecule has 2 heterocycles. The second kappa shape index (κ2) is 13.7. The molecule has 0 atom stereocenters. The summed E-state index contributed by atoms with van der Waals surface area (Å²) < 4.78 is 2.39. The molecule has 0 spiro atoms. The fraction of sp³-hybridized carbons (Fsp3) is 0.0784. The first kappa shape index (κ1) is 33.7. The van der Waals surface area contributed by atoms with Crippen molar-refractivity contribution in [1.82, 2.24) is 14.5 Å². The SMILES string of the molecule is CC(C)(C)c1ccc2c(c1)c1cc(C#N)ccc1n2-c1c(-c2ccccc2)cc(-c2nc(-c3ccccc3)cc(-c3ccccc3)n2)cc1-c1ccccc1. The van der Waals surface area contributed by atoms with E-state index < -0.39 is 0 Å². The highest BCUT2D eigenvalue weighted by Crippen LogP contribution is 2.44. The van der Waals surface area contributed by atoms with Gasteiger partial charge in [-0.2, -0.15) is 5.26 Å². The molecule has 0 saturated carbocycles. The number of nitriles is 1. The van der Waals surface area contributed by atoms with Crippen molar-refractivity contribution in [2.24, 2.45) is 0 Å². The molecule has 0 aliphatic heterocycles. The molecule has 9 aromatic rings. The van der Waals surface area contributed by atoms with Gasteiger partial charge in [0, 0.05) is 38.6 Å². The van der Waals surface area contributed by atoms with E-state index in [0.29, 0.717) is 11.4 Å². The second-order valence-electron chi connectivity index (χ2n) is 15.0. The van der Waals surface area contributed by atoms with Gasteiger partial charge in [0.05, 0.1) is 39.7 Å². The van der Waals surface area contributed by atoms with Crippen LogP contribution in [0.15, 0.2) is 176 Å². The van der Waals surface area contributed by atoms with Crippen LogP contribution in [0.25, 0.3) is 83.6 Å². The molecule has 0 bridgehead atoms. The molecule has 2 aromatic heterocycles. The molecule has 0 saturated heterocycles. The molecule has 0 aliphatic rings. The highest BCUT2D eigenvalue weighted by Gasteiger charge is 2.24. The minimum absolute atomic E-state index is 0.0472. The summed E-state index contributed by atoms with van der Waals surface area (Å²) >= 11 is 0. The second-order valence-corrected chi connectivity index (χ2v) is 15.0. The maximum absolute atomic E-state index is 10.0. The summed E-state index contributed by atoms with van der Waals surface area (Å²) in [5, 5.41) is 12.2. The largest absolute Gasteiger partial charge is 0.308 e. The zero-order valence-electron chi connectivity index (χ0n) is 31.0. The van der Waals surface area contributed by atoms with Crippen LogP contribution in [0.4, 0.5) is 0 Å². The molecular formula is C51H38N4. The van der Waals surface area contributed by atoms with Crippen molar-refractivity contribution in [3.05, 3.63) is 187 Å². The van der Waals surface area contributed by atoms with Crippen molar-refractivity contribution in [3.8, 4) is 67.9 Å². The summed E-state index contributed by atoms with van der Waals surface area (Å²) in [6.07, 6.45) is 0. The summed E-state index contributed by atoms with van der Waals surface area (Å²) in [7, 11) is 0. The van der Waals surface area contributed by atoms with E-state index in [1.807, 2.05) is 48.5 Å². The van der Waals surface area contributed by atoms with Crippen LogP contribution in [0.5, 0.6) is 0 Å². The number of hydrogen-bond acceptors (Lipinski definition) is 3. The molecule has 55 heavy (non-hydrogen) atoms. The topological polar surface area (TPSA) is 54.5 Å². The first-order valence-electron chi connectivity index (χ1n) is 18.6. The number of fused-ring (bicyclic) bond motifs is 3. The first-order chi connectivity index (χ1) is 26.9. The van der Waals surface area contributed by atoms with E-state index in [1.54, 1.807) is 0 Å². The summed E-state index contributed by atoms with van der Waals surface area (Å²) in [5.74, 6) is 0.650. The summed E-state index contributed by atoms with van der Waals surface area (Å²) in [4.78, 5) is 10.5. The van der Waals surface area contributed by atoms with Gasteiger partial charge >= 0.3 is 0 Å². The standard InChI is InChI=1S/C51H38N4/c1-51(2,3)40-25-27-48-44(31-40)43-28-34(33-52)24-26-47(43)55(48)49-41(35-16-8-4-9-17-35)29-39(30-42(49)36-18-10-5-11-19-36)50-53-45(37-20-12-6-13-21-37)32-46(54-50)38-22-14-7-15-23-38/h4-32H,1-3H3. The van der Waals surface area contributed by atoms with Crippen molar-refractivity contribution in [2.75, 3.05) is 0 Å². The Morgan fingerprint density at radius 1 is 0.473 bits per heavy atom.